The summed E-state index contributed by atoms with van der Waals surface area (Å²) < 4.78 is 12.0. The molecule has 0 saturated heterocycles. The fourth-order valence-corrected chi connectivity index (χ4v) is 2.55. The second-order valence-corrected chi connectivity index (χ2v) is 6.22. The van der Waals surface area contributed by atoms with E-state index in [2.05, 4.69) is 34.8 Å². The third-order valence-corrected chi connectivity index (χ3v) is 4.15. The monoisotopic (exact) mass is 437 g/mol. The molecule has 0 unspecified atom stereocenters. The zero-order valence-corrected chi connectivity index (χ0v) is 15.9. The van der Waals surface area contributed by atoms with E-state index in [0.29, 0.717) is 18.1 Å². The number of methoxy groups -OCH3 is 1. The topological polar surface area (TPSA) is 47.6 Å². The summed E-state index contributed by atoms with van der Waals surface area (Å²) in [6.07, 6.45) is 4.19. The lowest BCUT2D eigenvalue weighted by Crippen LogP contribution is -2.08. The van der Waals surface area contributed by atoms with Crippen LogP contribution in [0.1, 0.15) is 18.9 Å². The van der Waals surface area contributed by atoms with Gasteiger partial charge in [0.05, 0.1) is 19.4 Å². The summed E-state index contributed by atoms with van der Waals surface area (Å²) in [7, 11) is 1.60. The number of halogens is 1. The van der Waals surface area contributed by atoms with Gasteiger partial charge in [-0.2, -0.15) is 0 Å². The molecule has 0 aliphatic heterocycles. The largest absolute Gasteiger partial charge is 0.493 e. The second-order valence-electron chi connectivity index (χ2n) is 5.06. The van der Waals surface area contributed by atoms with Gasteiger partial charge in [-0.1, -0.05) is 25.1 Å². The van der Waals surface area contributed by atoms with Gasteiger partial charge in [-0.15, -0.1) is 0 Å². The van der Waals surface area contributed by atoms with Crippen molar-refractivity contribution in [1.29, 1.82) is 0 Å². The predicted molar refractivity (Wildman–Crippen MR) is 106 cm³/mol. The number of hydrogen-bond acceptors (Lipinski definition) is 3. The predicted octanol–water partition coefficient (Wildman–Crippen LogP) is 4.74. The highest BCUT2D eigenvalue weighted by Crippen LogP contribution is 2.28. The first kappa shape index (κ1) is 18.3. The number of carbonyl (C=O) groups excluding carboxylic acids is 1. The summed E-state index contributed by atoms with van der Waals surface area (Å²) in [6, 6.07) is 13.2. The Balaban J connectivity index is 2.05. The number of para-hydroxylation sites is 1. The van der Waals surface area contributed by atoms with E-state index < -0.39 is 0 Å². The van der Waals surface area contributed by atoms with E-state index in [1.54, 1.807) is 13.2 Å². The van der Waals surface area contributed by atoms with Crippen molar-refractivity contribution in [2.45, 2.75) is 13.3 Å². The smallest absolute Gasteiger partial charge is 0.248 e. The zero-order valence-electron chi connectivity index (χ0n) is 13.7. The minimum atomic E-state index is -0.176. The Labute approximate surface area is 156 Å². The van der Waals surface area contributed by atoms with Gasteiger partial charge in [0, 0.05) is 9.65 Å². The first-order valence-electron chi connectivity index (χ1n) is 7.68. The van der Waals surface area contributed by atoms with Gasteiger partial charge < -0.3 is 14.8 Å². The van der Waals surface area contributed by atoms with Crippen molar-refractivity contribution in [3.05, 3.63) is 57.7 Å². The van der Waals surface area contributed by atoms with E-state index >= 15 is 0 Å². The highest BCUT2D eigenvalue weighted by molar-refractivity contribution is 14.1. The highest BCUT2D eigenvalue weighted by Gasteiger charge is 2.05. The number of benzene rings is 2. The minimum Gasteiger partial charge on any atom is -0.493 e. The molecule has 2 aromatic rings. The standard InChI is InChI=1S/C19H20INO3/c1-3-12-24-17-10-8-14(13-18(17)23-2)9-11-19(22)21-16-7-5-4-6-15(16)20/h4-11,13H,3,12H2,1-2H3,(H,21,22)/b11-9+. The summed E-state index contributed by atoms with van der Waals surface area (Å²) >= 11 is 2.19. The number of carbonyl (C=O) groups is 1. The summed E-state index contributed by atoms with van der Waals surface area (Å²) in [4.78, 5) is 12.0. The third-order valence-electron chi connectivity index (χ3n) is 3.21. The molecule has 2 rings (SSSR count). The SMILES string of the molecule is CCCOc1ccc(/C=C/C(=O)Nc2ccccc2I)cc1OC. The molecule has 0 atom stereocenters. The molecule has 24 heavy (non-hydrogen) atoms. The molecule has 0 aromatic heterocycles. The van der Waals surface area contributed by atoms with Crippen LogP contribution in [0.15, 0.2) is 48.5 Å². The number of nitrogens with one attached hydrogen (secondary N) is 1. The zero-order chi connectivity index (χ0) is 17.4. The Morgan fingerprint density at radius 3 is 2.71 bits per heavy atom. The highest BCUT2D eigenvalue weighted by atomic mass is 127. The van der Waals surface area contributed by atoms with E-state index in [4.69, 9.17) is 9.47 Å². The summed E-state index contributed by atoms with van der Waals surface area (Å²) in [5, 5.41) is 2.86. The number of anilines is 1. The van der Waals surface area contributed by atoms with Crippen LogP contribution in [0.5, 0.6) is 11.5 Å². The Morgan fingerprint density at radius 1 is 1.21 bits per heavy atom. The molecule has 2 aromatic carbocycles. The summed E-state index contributed by atoms with van der Waals surface area (Å²) in [5.74, 6) is 1.19. The quantitative estimate of drug-likeness (QED) is 0.503. The molecule has 0 aliphatic carbocycles. The lowest BCUT2D eigenvalue weighted by molar-refractivity contribution is -0.111. The van der Waals surface area contributed by atoms with Crippen molar-refractivity contribution < 1.29 is 14.3 Å². The maximum absolute atomic E-state index is 12.0. The van der Waals surface area contributed by atoms with E-state index in [0.717, 1.165) is 21.2 Å². The first-order valence-corrected chi connectivity index (χ1v) is 8.76. The van der Waals surface area contributed by atoms with E-state index in [1.165, 1.54) is 6.08 Å². The number of hydrogen-bond donors (Lipinski definition) is 1. The normalized spacial score (nSPS) is 10.6. The van der Waals surface area contributed by atoms with Crippen molar-refractivity contribution in [1.82, 2.24) is 0 Å². The van der Waals surface area contributed by atoms with Crippen LogP contribution in [0.3, 0.4) is 0 Å². The van der Waals surface area contributed by atoms with Crippen molar-refractivity contribution in [2.24, 2.45) is 0 Å². The Bertz CT molecular complexity index is 728. The molecule has 1 N–H and O–H groups in total. The number of amides is 1. The first-order chi connectivity index (χ1) is 11.6. The van der Waals surface area contributed by atoms with Gasteiger partial charge in [-0.25, -0.2) is 0 Å². The van der Waals surface area contributed by atoms with Gasteiger partial charge in [0.15, 0.2) is 11.5 Å². The average molecular weight is 437 g/mol. The molecule has 126 valence electrons. The van der Waals surface area contributed by atoms with Gasteiger partial charge in [0.1, 0.15) is 0 Å². The van der Waals surface area contributed by atoms with Crippen LogP contribution in [0.2, 0.25) is 0 Å². The second kappa shape index (κ2) is 9.32. The van der Waals surface area contributed by atoms with Crippen molar-refractivity contribution in [2.75, 3.05) is 19.0 Å². The molecular weight excluding hydrogens is 417 g/mol. The summed E-state index contributed by atoms with van der Waals surface area (Å²) in [6.45, 7) is 2.69. The number of rotatable bonds is 7. The van der Waals surface area contributed by atoms with Gasteiger partial charge in [0.2, 0.25) is 5.91 Å². The van der Waals surface area contributed by atoms with E-state index in [9.17, 15) is 4.79 Å². The van der Waals surface area contributed by atoms with Crippen molar-refractivity contribution in [3.63, 3.8) is 0 Å². The van der Waals surface area contributed by atoms with Gasteiger partial charge in [0.25, 0.3) is 0 Å². The van der Waals surface area contributed by atoms with Crippen LogP contribution in [0.25, 0.3) is 6.08 Å². The lowest BCUT2D eigenvalue weighted by Gasteiger charge is -2.10. The Morgan fingerprint density at radius 2 is 2.00 bits per heavy atom. The average Bonchev–Trinajstić information content (AvgIpc) is 2.60. The Kier molecular flexibility index (Phi) is 7.11. The molecule has 0 bridgehead atoms. The molecule has 0 heterocycles. The Hall–Kier alpha value is -2.02. The van der Waals surface area contributed by atoms with Gasteiger partial charge in [-0.05, 0) is 64.9 Å². The minimum absolute atomic E-state index is 0.176. The molecule has 4 nitrogen and oxygen atoms in total. The third kappa shape index (κ3) is 5.26. The molecule has 0 saturated carbocycles. The van der Waals surface area contributed by atoms with Crippen molar-refractivity contribution >= 4 is 40.3 Å². The van der Waals surface area contributed by atoms with Crippen LogP contribution >= 0.6 is 22.6 Å². The molecule has 5 heteroatoms. The van der Waals surface area contributed by atoms with Crippen LogP contribution in [-0.2, 0) is 4.79 Å². The van der Waals surface area contributed by atoms with Crippen LogP contribution < -0.4 is 14.8 Å². The molecule has 0 aliphatic rings. The van der Waals surface area contributed by atoms with Gasteiger partial charge >= 0.3 is 0 Å². The fourth-order valence-electron chi connectivity index (χ4n) is 2.03. The maximum Gasteiger partial charge on any atom is 0.248 e. The van der Waals surface area contributed by atoms with Crippen molar-refractivity contribution in [3.8, 4) is 11.5 Å². The molecule has 0 fully saturated rings. The lowest BCUT2D eigenvalue weighted by atomic mass is 10.2. The molecular formula is C19H20INO3. The molecule has 1 amide bonds. The molecule has 0 radical (unpaired) electrons. The van der Waals surface area contributed by atoms with Gasteiger partial charge in [-0.3, -0.25) is 4.79 Å². The van der Waals surface area contributed by atoms with E-state index in [1.807, 2.05) is 42.5 Å². The number of ether oxygens (including phenoxy) is 2. The maximum atomic E-state index is 12.0. The van der Waals surface area contributed by atoms with Crippen LogP contribution in [0.4, 0.5) is 5.69 Å². The van der Waals surface area contributed by atoms with Crippen LogP contribution in [-0.4, -0.2) is 19.6 Å². The molecule has 0 spiro atoms. The summed E-state index contributed by atoms with van der Waals surface area (Å²) in [5.41, 5.74) is 1.67. The van der Waals surface area contributed by atoms with E-state index in [-0.39, 0.29) is 5.91 Å². The fraction of sp³-hybridized carbons (Fsp3) is 0.211. The van der Waals surface area contributed by atoms with Crippen LogP contribution in [0, 0.1) is 3.57 Å².